The molecular formula is C24H28FN9O3. The first kappa shape index (κ1) is 23.5. The Labute approximate surface area is 211 Å². The van der Waals surface area contributed by atoms with Gasteiger partial charge in [-0.15, -0.1) is 0 Å². The fourth-order valence-corrected chi connectivity index (χ4v) is 5.02. The lowest BCUT2D eigenvalue weighted by Crippen LogP contribution is -2.47. The highest BCUT2D eigenvalue weighted by Crippen LogP contribution is 2.27. The number of halogens is 1. The summed E-state index contributed by atoms with van der Waals surface area (Å²) in [6.07, 6.45) is 1.56. The highest BCUT2D eigenvalue weighted by Gasteiger charge is 2.31. The van der Waals surface area contributed by atoms with Crippen LogP contribution >= 0.6 is 0 Å². The highest BCUT2D eigenvalue weighted by atomic mass is 19.1. The molecule has 0 atom stereocenters. The smallest absolute Gasteiger partial charge is 0.346 e. The minimum Gasteiger partial charge on any atom is -0.463 e. The number of fused-ring (bicyclic) bond motifs is 3. The number of imidazole rings is 1. The third-order valence-electron chi connectivity index (χ3n) is 6.90. The number of furan rings is 1. The summed E-state index contributed by atoms with van der Waals surface area (Å²) in [5.74, 6) is 7.43. The largest absolute Gasteiger partial charge is 0.463 e. The molecule has 37 heavy (non-hydrogen) atoms. The number of piperazine rings is 1. The summed E-state index contributed by atoms with van der Waals surface area (Å²) in [7, 11) is 0. The fourth-order valence-electron chi connectivity index (χ4n) is 5.02. The summed E-state index contributed by atoms with van der Waals surface area (Å²) in [5.41, 5.74) is 1.84. The van der Waals surface area contributed by atoms with Gasteiger partial charge in [-0.25, -0.2) is 24.2 Å². The Balaban J connectivity index is 1.27. The molecule has 1 fully saturated rings. The van der Waals surface area contributed by atoms with E-state index in [1.807, 2.05) is 0 Å². The van der Waals surface area contributed by atoms with Crippen molar-refractivity contribution in [1.29, 1.82) is 0 Å². The number of hydrogen-bond acceptors (Lipinski definition) is 9. The molecule has 0 aliphatic carbocycles. The van der Waals surface area contributed by atoms with E-state index in [9.17, 15) is 14.3 Å². The lowest BCUT2D eigenvalue weighted by molar-refractivity contribution is 0.246. The van der Waals surface area contributed by atoms with Crippen molar-refractivity contribution >= 4 is 23.0 Å². The van der Waals surface area contributed by atoms with E-state index in [0.29, 0.717) is 41.9 Å². The fraction of sp³-hybridized carbons (Fsp3) is 0.375. The second kappa shape index (κ2) is 9.50. The van der Waals surface area contributed by atoms with Gasteiger partial charge in [0.05, 0.1) is 19.4 Å². The molecule has 4 aromatic rings. The van der Waals surface area contributed by atoms with E-state index < -0.39 is 0 Å². The molecule has 0 saturated carbocycles. The lowest BCUT2D eigenvalue weighted by atomic mass is 10.2. The minimum atomic E-state index is -0.266. The SMILES string of the molecule is NN1CN=C(c2ccco2)c2c1nc1n(CCN3CCN(c4ccc(F)cc4)CC3)c(=O)n(CCO)n21. The molecule has 13 heteroatoms. The molecule has 6 rings (SSSR count). The van der Waals surface area contributed by atoms with Crippen LogP contribution in [0, 0.1) is 5.82 Å². The van der Waals surface area contributed by atoms with Crippen molar-refractivity contribution < 1.29 is 13.9 Å². The molecule has 194 valence electrons. The summed E-state index contributed by atoms with van der Waals surface area (Å²) in [4.78, 5) is 27.2. The maximum atomic E-state index is 13.4. The second-order valence-electron chi connectivity index (χ2n) is 9.08. The molecule has 2 aliphatic rings. The van der Waals surface area contributed by atoms with Gasteiger partial charge >= 0.3 is 5.69 Å². The van der Waals surface area contributed by atoms with E-state index in [4.69, 9.17) is 15.2 Å². The van der Waals surface area contributed by atoms with Crippen molar-refractivity contribution in [1.82, 2.24) is 23.6 Å². The summed E-state index contributed by atoms with van der Waals surface area (Å²) in [6, 6.07) is 10.1. The number of benzene rings is 1. The van der Waals surface area contributed by atoms with Crippen LogP contribution in [0.1, 0.15) is 11.5 Å². The van der Waals surface area contributed by atoms with Gasteiger partial charge in [0.25, 0.3) is 0 Å². The average molecular weight is 510 g/mol. The number of aliphatic hydroxyl groups is 1. The van der Waals surface area contributed by atoms with Gasteiger partial charge in [0.15, 0.2) is 11.6 Å². The van der Waals surface area contributed by atoms with Gasteiger partial charge in [-0.05, 0) is 36.4 Å². The van der Waals surface area contributed by atoms with Crippen molar-refractivity contribution in [3.8, 4) is 0 Å². The third-order valence-corrected chi connectivity index (χ3v) is 6.90. The Morgan fingerprint density at radius 2 is 1.84 bits per heavy atom. The van der Waals surface area contributed by atoms with Crippen LogP contribution in [0.15, 0.2) is 56.9 Å². The Morgan fingerprint density at radius 1 is 1.05 bits per heavy atom. The highest BCUT2D eigenvalue weighted by molar-refractivity contribution is 6.14. The molecular weight excluding hydrogens is 481 g/mol. The monoisotopic (exact) mass is 509 g/mol. The molecule has 0 unspecified atom stereocenters. The molecule has 5 heterocycles. The average Bonchev–Trinajstić information content (AvgIpc) is 3.63. The van der Waals surface area contributed by atoms with E-state index >= 15 is 0 Å². The lowest BCUT2D eigenvalue weighted by Gasteiger charge is -2.36. The molecule has 1 aromatic carbocycles. The normalized spacial score (nSPS) is 16.5. The maximum absolute atomic E-state index is 13.4. The van der Waals surface area contributed by atoms with Crippen LogP contribution in [0.5, 0.6) is 0 Å². The Bertz CT molecular complexity index is 1480. The van der Waals surface area contributed by atoms with E-state index in [1.54, 1.807) is 39.6 Å². The first-order valence-corrected chi connectivity index (χ1v) is 12.2. The van der Waals surface area contributed by atoms with Gasteiger partial charge < -0.3 is 14.4 Å². The minimum absolute atomic E-state index is 0.0947. The number of aromatic nitrogens is 4. The zero-order valence-corrected chi connectivity index (χ0v) is 20.2. The molecule has 1 saturated heterocycles. The van der Waals surface area contributed by atoms with Gasteiger partial charge in [0, 0.05) is 45.0 Å². The second-order valence-corrected chi connectivity index (χ2v) is 9.08. The van der Waals surface area contributed by atoms with Crippen molar-refractivity contribution in [2.75, 3.05) is 55.9 Å². The quantitative estimate of drug-likeness (QED) is 0.342. The van der Waals surface area contributed by atoms with Crippen LogP contribution in [0.3, 0.4) is 0 Å². The first-order chi connectivity index (χ1) is 18.0. The van der Waals surface area contributed by atoms with Crippen molar-refractivity contribution in [3.63, 3.8) is 0 Å². The maximum Gasteiger partial charge on any atom is 0.346 e. The van der Waals surface area contributed by atoms with Crippen LogP contribution < -0.4 is 21.4 Å². The van der Waals surface area contributed by atoms with E-state index in [2.05, 4.69) is 14.8 Å². The zero-order chi connectivity index (χ0) is 25.5. The number of rotatable bonds is 7. The Hall–Kier alpha value is -3.94. The predicted octanol–water partition coefficient (Wildman–Crippen LogP) is 0.333. The first-order valence-electron chi connectivity index (χ1n) is 12.2. The molecule has 2 aliphatic heterocycles. The molecule has 0 amide bonds. The number of nitrogens with zero attached hydrogens (tertiary/aromatic N) is 8. The van der Waals surface area contributed by atoms with Gasteiger partial charge in [0.2, 0.25) is 5.78 Å². The standard InChI is InChI=1S/C24H28FN9O3/c25-17-3-5-18(6-4-17)30-10-7-29(8-11-30)9-12-31-23-28-22-21(34(23)33(13-14-35)24(31)36)20(27-16-32(22)26)19-2-1-15-37-19/h1-6,15,35H,7-14,16,26H2. The topological polar surface area (TPSA) is 126 Å². The van der Waals surface area contributed by atoms with Crippen LogP contribution in [-0.4, -0.2) is 80.5 Å². The van der Waals surface area contributed by atoms with Crippen molar-refractivity contribution in [2.45, 2.75) is 13.1 Å². The summed E-state index contributed by atoms with van der Waals surface area (Å²) in [6.45, 7) is 4.41. The number of aliphatic hydroxyl groups excluding tert-OH is 1. The van der Waals surface area contributed by atoms with Gasteiger partial charge in [-0.3, -0.25) is 19.5 Å². The Kier molecular flexibility index (Phi) is 6.02. The Morgan fingerprint density at radius 3 is 2.54 bits per heavy atom. The predicted molar refractivity (Wildman–Crippen MR) is 135 cm³/mol. The van der Waals surface area contributed by atoms with E-state index in [0.717, 1.165) is 31.9 Å². The summed E-state index contributed by atoms with van der Waals surface area (Å²) < 4.78 is 23.6. The zero-order valence-electron chi connectivity index (χ0n) is 20.2. The van der Waals surface area contributed by atoms with Crippen LogP contribution in [0.25, 0.3) is 5.78 Å². The molecule has 3 N–H and O–H groups in total. The number of aliphatic imine (C=N–C) groups is 1. The van der Waals surface area contributed by atoms with Crippen molar-refractivity contribution in [3.05, 3.63) is 70.4 Å². The van der Waals surface area contributed by atoms with Gasteiger partial charge in [-0.1, -0.05) is 0 Å². The molecule has 0 spiro atoms. The van der Waals surface area contributed by atoms with Gasteiger partial charge in [0.1, 0.15) is 23.9 Å². The number of anilines is 2. The van der Waals surface area contributed by atoms with E-state index in [1.165, 1.54) is 21.8 Å². The van der Waals surface area contributed by atoms with Crippen LogP contribution in [-0.2, 0) is 13.1 Å². The van der Waals surface area contributed by atoms with Crippen LogP contribution in [0.2, 0.25) is 0 Å². The van der Waals surface area contributed by atoms with Crippen LogP contribution in [0.4, 0.5) is 15.9 Å². The van der Waals surface area contributed by atoms with Gasteiger partial charge in [-0.2, -0.15) is 4.98 Å². The van der Waals surface area contributed by atoms with Crippen molar-refractivity contribution in [2.24, 2.45) is 10.8 Å². The summed E-state index contributed by atoms with van der Waals surface area (Å²) in [5, 5.41) is 11.1. The summed E-state index contributed by atoms with van der Waals surface area (Å²) >= 11 is 0. The molecule has 12 nitrogen and oxygen atoms in total. The number of hydrogen-bond donors (Lipinski definition) is 2. The number of hydrazine groups is 1. The molecule has 0 bridgehead atoms. The number of nitrogens with two attached hydrogens (primary N) is 1. The van der Waals surface area contributed by atoms with E-state index in [-0.39, 0.29) is 31.3 Å². The third kappa shape index (κ3) is 4.10. The molecule has 3 aromatic heterocycles. The molecule has 0 radical (unpaired) electrons.